The van der Waals surface area contributed by atoms with E-state index in [1.807, 2.05) is 13.8 Å². The molecule has 0 atom stereocenters. The van der Waals surface area contributed by atoms with Gasteiger partial charge in [0.1, 0.15) is 0 Å². The molecule has 0 aromatic heterocycles. The lowest BCUT2D eigenvalue weighted by Crippen LogP contribution is -1.70. The minimum absolute atomic E-state index is 0.827. The van der Waals surface area contributed by atoms with Crippen molar-refractivity contribution in [2.45, 2.75) is 40.0 Å². The average molecular weight is 161 g/mol. The molecule has 0 aromatic carbocycles. The zero-order valence-electron chi connectivity index (χ0n) is 7.21. The van der Waals surface area contributed by atoms with Crippen LogP contribution >= 0.6 is 11.6 Å². The standard InChI is InChI=1S/C5H11Cl.C4H6/c1-2-3-4-5-6;1-3-4-2/h2-5H2,1H3;1-2H3. The van der Waals surface area contributed by atoms with E-state index in [9.17, 15) is 0 Å². The van der Waals surface area contributed by atoms with E-state index in [-0.39, 0.29) is 0 Å². The van der Waals surface area contributed by atoms with Gasteiger partial charge in [-0.05, 0) is 20.3 Å². The van der Waals surface area contributed by atoms with Crippen molar-refractivity contribution in [2.75, 3.05) is 5.88 Å². The maximum atomic E-state index is 5.38. The van der Waals surface area contributed by atoms with Gasteiger partial charge in [0.2, 0.25) is 0 Å². The van der Waals surface area contributed by atoms with Crippen molar-refractivity contribution < 1.29 is 0 Å². The molecule has 0 N–H and O–H groups in total. The maximum Gasteiger partial charge on any atom is 0.0223 e. The molecule has 10 heavy (non-hydrogen) atoms. The Labute approximate surface area is 70.0 Å². The number of halogens is 1. The van der Waals surface area contributed by atoms with E-state index in [0.29, 0.717) is 0 Å². The zero-order chi connectivity index (χ0) is 8.24. The predicted octanol–water partition coefficient (Wildman–Crippen LogP) is 3.45. The van der Waals surface area contributed by atoms with E-state index < -0.39 is 0 Å². The van der Waals surface area contributed by atoms with Crippen LogP contribution in [0.4, 0.5) is 0 Å². The first-order valence-corrected chi connectivity index (χ1v) is 4.26. The monoisotopic (exact) mass is 160 g/mol. The molecule has 0 nitrogen and oxygen atoms in total. The van der Waals surface area contributed by atoms with Gasteiger partial charge in [0.25, 0.3) is 0 Å². The third kappa shape index (κ3) is 24.9. The Morgan fingerprint density at radius 1 is 1.10 bits per heavy atom. The normalized spacial score (nSPS) is 6.80. The Hall–Kier alpha value is -0.150. The number of unbranched alkanes of at least 4 members (excludes halogenated alkanes) is 2. The Kier molecular flexibility index (Phi) is 20.0. The van der Waals surface area contributed by atoms with Gasteiger partial charge in [-0.2, -0.15) is 0 Å². The van der Waals surface area contributed by atoms with Crippen LogP contribution in [-0.4, -0.2) is 5.88 Å². The van der Waals surface area contributed by atoms with Gasteiger partial charge in [0.05, 0.1) is 0 Å². The van der Waals surface area contributed by atoms with Crippen molar-refractivity contribution in [1.29, 1.82) is 0 Å². The van der Waals surface area contributed by atoms with Crippen LogP contribution in [0, 0.1) is 11.8 Å². The van der Waals surface area contributed by atoms with Gasteiger partial charge >= 0.3 is 0 Å². The lowest BCUT2D eigenvalue weighted by Gasteiger charge is -1.84. The van der Waals surface area contributed by atoms with E-state index in [4.69, 9.17) is 11.6 Å². The summed E-state index contributed by atoms with van der Waals surface area (Å²) in [5, 5.41) is 0. The first-order chi connectivity index (χ1) is 4.83. The quantitative estimate of drug-likeness (QED) is 0.337. The van der Waals surface area contributed by atoms with E-state index in [0.717, 1.165) is 5.88 Å². The maximum absolute atomic E-state index is 5.38. The molecule has 0 unspecified atom stereocenters. The van der Waals surface area contributed by atoms with Crippen molar-refractivity contribution in [3.63, 3.8) is 0 Å². The van der Waals surface area contributed by atoms with E-state index in [2.05, 4.69) is 18.8 Å². The fourth-order valence-corrected chi connectivity index (χ4v) is 0.533. The summed E-state index contributed by atoms with van der Waals surface area (Å²) in [7, 11) is 0. The Morgan fingerprint density at radius 2 is 1.60 bits per heavy atom. The summed E-state index contributed by atoms with van der Waals surface area (Å²) in [6.07, 6.45) is 3.73. The van der Waals surface area contributed by atoms with Gasteiger partial charge in [-0.15, -0.1) is 23.4 Å². The molecule has 0 aliphatic rings. The molecule has 0 saturated carbocycles. The SMILES string of the molecule is CC#CC.CCCCCCl. The Morgan fingerprint density at radius 3 is 1.70 bits per heavy atom. The molecule has 0 spiro atoms. The summed E-state index contributed by atoms with van der Waals surface area (Å²) in [5.41, 5.74) is 0. The van der Waals surface area contributed by atoms with Gasteiger partial charge in [-0.25, -0.2) is 0 Å². The van der Waals surface area contributed by atoms with Crippen LogP contribution in [0.1, 0.15) is 40.0 Å². The van der Waals surface area contributed by atoms with Crippen molar-refractivity contribution in [2.24, 2.45) is 0 Å². The number of hydrogen-bond donors (Lipinski definition) is 0. The summed E-state index contributed by atoms with van der Waals surface area (Å²) in [6, 6.07) is 0. The van der Waals surface area contributed by atoms with Gasteiger partial charge in [-0.3, -0.25) is 0 Å². The number of hydrogen-bond acceptors (Lipinski definition) is 0. The minimum atomic E-state index is 0.827. The van der Waals surface area contributed by atoms with Crippen LogP contribution in [0.3, 0.4) is 0 Å². The van der Waals surface area contributed by atoms with Gasteiger partial charge in [0, 0.05) is 5.88 Å². The number of rotatable bonds is 3. The molecule has 1 heteroatoms. The highest BCUT2D eigenvalue weighted by Gasteiger charge is 1.76. The highest BCUT2D eigenvalue weighted by molar-refractivity contribution is 6.17. The first-order valence-electron chi connectivity index (χ1n) is 3.72. The van der Waals surface area contributed by atoms with E-state index in [1.165, 1.54) is 19.3 Å². The van der Waals surface area contributed by atoms with E-state index >= 15 is 0 Å². The van der Waals surface area contributed by atoms with Crippen molar-refractivity contribution >= 4 is 11.6 Å². The topological polar surface area (TPSA) is 0 Å². The van der Waals surface area contributed by atoms with Crippen molar-refractivity contribution in [3.8, 4) is 11.8 Å². The predicted molar refractivity (Wildman–Crippen MR) is 49.4 cm³/mol. The third-order valence-corrected chi connectivity index (χ3v) is 1.25. The van der Waals surface area contributed by atoms with Crippen LogP contribution in [-0.2, 0) is 0 Å². The summed E-state index contributed by atoms with van der Waals surface area (Å²) < 4.78 is 0. The fraction of sp³-hybridized carbons (Fsp3) is 0.778. The molecule has 0 fully saturated rings. The molecule has 0 aliphatic carbocycles. The molecule has 60 valence electrons. The van der Waals surface area contributed by atoms with Gasteiger partial charge in [0.15, 0.2) is 0 Å². The largest absolute Gasteiger partial charge is 0.127 e. The second-order valence-electron chi connectivity index (χ2n) is 1.90. The zero-order valence-corrected chi connectivity index (χ0v) is 7.96. The summed E-state index contributed by atoms with van der Waals surface area (Å²) in [6.45, 7) is 5.81. The molecular formula is C9H17Cl. The lowest BCUT2D eigenvalue weighted by molar-refractivity contribution is 0.776. The highest BCUT2D eigenvalue weighted by Crippen LogP contribution is 1.93. The van der Waals surface area contributed by atoms with Crippen molar-refractivity contribution in [3.05, 3.63) is 0 Å². The molecular weight excluding hydrogens is 144 g/mol. The molecule has 0 radical (unpaired) electrons. The summed E-state index contributed by atoms with van der Waals surface area (Å²) in [5.74, 6) is 6.19. The summed E-state index contributed by atoms with van der Waals surface area (Å²) in [4.78, 5) is 0. The minimum Gasteiger partial charge on any atom is -0.127 e. The van der Waals surface area contributed by atoms with Gasteiger partial charge < -0.3 is 0 Å². The molecule has 0 rings (SSSR count). The second-order valence-corrected chi connectivity index (χ2v) is 2.27. The van der Waals surface area contributed by atoms with Crippen LogP contribution in [0.2, 0.25) is 0 Å². The van der Waals surface area contributed by atoms with E-state index in [1.54, 1.807) is 0 Å². The van der Waals surface area contributed by atoms with Crippen molar-refractivity contribution in [1.82, 2.24) is 0 Å². The van der Waals surface area contributed by atoms with Crippen LogP contribution in [0.5, 0.6) is 0 Å². The third-order valence-electron chi connectivity index (χ3n) is 0.987. The molecule has 0 heterocycles. The molecule has 0 aliphatic heterocycles. The Balaban J connectivity index is 0. The van der Waals surface area contributed by atoms with Crippen LogP contribution in [0.15, 0.2) is 0 Å². The first kappa shape index (κ1) is 12.5. The van der Waals surface area contributed by atoms with Crippen LogP contribution < -0.4 is 0 Å². The smallest absolute Gasteiger partial charge is 0.0223 e. The molecule has 0 aromatic rings. The lowest BCUT2D eigenvalue weighted by atomic mass is 10.3. The second kappa shape index (κ2) is 15.9. The summed E-state index contributed by atoms with van der Waals surface area (Å²) >= 11 is 5.38. The molecule has 0 amide bonds. The highest BCUT2D eigenvalue weighted by atomic mass is 35.5. The molecule has 0 bridgehead atoms. The molecule has 0 saturated heterocycles. The number of alkyl halides is 1. The van der Waals surface area contributed by atoms with Crippen LogP contribution in [0.25, 0.3) is 0 Å². The average Bonchev–Trinajstić information content (AvgIpc) is 2.01. The van der Waals surface area contributed by atoms with Gasteiger partial charge in [-0.1, -0.05) is 19.8 Å². The Bertz CT molecular complexity index is 76.6. The fourth-order valence-electron chi connectivity index (χ4n) is 0.344.